The van der Waals surface area contributed by atoms with Gasteiger partial charge in [-0.3, -0.25) is 10.1 Å². The van der Waals surface area contributed by atoms with E-state index in [1.165, 1.54) is 7.11 Å². The van der Waals surface area contributed by atoms with E-state index < -0.39 is 4.92 Å². The topological polar surface area (TPSA) is 52.4 Å². The van der Waals surface area contributed by atoms with Crippen LogP contribution in [0.5, 0.6) is 5.75 Å². The first-order valence-electron chi connectivity index (χ1n) is 4.40. The summed E-state index contributed by atoms with van der Waals surface area (Å²) in [6.07, 6.45) is 0. The molecule has 0 amide bonds. The number of nitro benzene ring substituents is 1. The summed E-state index contributed by atoms with van der Waals surface area (Å²) in [7, 11) is 1.42. The van der Waals surface area contributed by atoms with E-state index in [9.17, 15) is 10.1 Å². The summed E-state index contributed by atoms with van der Waals surface area (Å²) in [4.78, 5) is 10.4. The Morgan fingerprint density at radius 1 is 1.53 bits per heavy atom. The molecular formula is C10H12ClNO3. The van der Waals surface area contributed by atoms with E-state index in [2.05, 4.69) is 0 Å². The molecule has 4 nitrogen and oxygen atoms in total. The highest BCUT2D eigenvalue weighted by Crippen LogP contribution is 2.35. The summed E-state index contributed by atoms with van der Waals surface area (Å²) in [5.41, 5.74) is 2.28. The fourth-order valence-corrected chi connectivity index (χ4v) is 1.97. The van der Waals surface area contributed by atoms with Crippen LogP contribution < -0.4 is 4.74 Å². The predicted octanol–water partition coefficient (Wildman–Crippen LogP) is 2.96. The molecule has 0 aromatic heterocycles. The number of benzene rings is 1. The van der Waals surface area contributed by atoms with Crippen molar-refractivity contribution in [2.24, 2.45) is 0 Å². The van der Waals surface area contributed by atoms with Crippen molar-refractivity contribution >= 4 is 17.3 Å². The second-order valence-electron chi connectivity index (χ2n) is 3.24. The lowest BCUT2D eigenvalue weighted by atomic mass is 10.0. The molecule has 0 aliphatic rings. The lowest BCUT2D eigenvalue weighted by Crippen LogP contribution is -2.01. The molecule has 5 heteroatoms. The van der Waals surface area contributed by atoms with Crippen molar-refractivity contribution in [1.82, 2.24) is 0 Å². The van der Waals surface area contributed by atoms with Crippen molar-refractivity contribution in [2.75, 3.05) is 7.11 Å². The second-order valence-corrected chi connectivity index (χ2v) is 3.51. The second kappa shape index (κ2) is 4.49. The van der Waals surface area contributed by atoms with Gasteiger partial charge in [0, 0.05) is 11.4 Å². The maximum atomic E-state index is 10.9. The van der Waals surface area contributed by atoms with Gasteiger partial charge in [-0.2, -0.15) is 0 Å². The Morgan fingerprint density at radius 3 is 2.53 bits per heavy atom. The summed E-state index contributed by atoms with van der Waals surface area (Å²) in [6, 6.07) is 1.64. The van der Waals surface area contributed by atoms with Gasteiger partial charge in [0.25, 0.3) is 0 Å². The van der Waals surface area contributed by atoms with E-state index in [-0.39, 0.29) is 17.3 Å². The highest BCUT2D eigenvalue weighted by atomic mass is 35.5. The molecule has 0 spiro atoms. The average molecular weight is 230 g/mol. The van der Waals surface area contributed by atoms with Crippen LogP contribution in [0.2, 0.25) is 0 Å². The van der Waals surface area contributed by atoms with Crippen molar-refractivity contribution in [3.8, 4) is 5.75 Å². The van der Waals surface area contributed by atoms with Gasteiger partial charge in [0.2, 0.25) is 0 Å². The lowest BCUT2D eigenvalue weighted by Gasteiger charge is -2.10. The van der Waals surface area contributed by atoms with E-state index >= 15 is 0 Å². The number of hydrogen-bond acceptors (Lipinski definition) is 3. The number of methoxy groups -OCH3 is 1. The molecule has 0 fully saturated rings. The molecule has 15 heavy (non-hydrogen) atoms. The smallest absolute Gasteiger partial charge is 0.314 e. The number of ether oxygens (including phenoxy) is 1. The molecule has 0 aliphatic heterocycles. The first-order valence-corrected chi connectivity index (χ1v) is 4.93. The highest BCUT2D eigenvalue weighted by Gasteiger charge is 2.22. The van der Waals surface area contributed by atoms with Gasteiger partial charge in [0.15, 0.2) is 5.75 Å². The molecule has 0 aliphatic carbocycles. The van der Waals surface area contributed by atoms with Crippen molar-refractivity contribution in [1.29, 1.82) is 0 Å². The van der Waals surface area contributed by atoms with E-state index in [1.54, 1.807) is 13.0 Å². The molecule has 1 aromatic rings. The maximum Gasteiger partial charge on any atom is 0.314 e. The Hall–Kier alpha value is -1.29. The number of nitro groups is 1. The van der Waals surface area contributed by atoms with Crippen LogP contribution in [0, 0.1) is 24.0 Å². The minimum Gasteiger partial charge on any atom is -0.490 e. The number of halogens is 1. The molecule has 1 rings (SSSR count). The number of nitrogens with zero attached hydrogens (tertiary/aromatic N) is 1. The Kier molecular flexibility index (Phi) is 3.52. The Morgan fingerprint density at radius 2 is 2.13 bits per heavy atom. The van der Waals surface area contributed by atoms with Crippen LogP contribution in [0.15, 0.2) is 6.07 Å². The highest BCUT2D eigenvalue weighted by molar-refractivity contribution is 6.17. The third-order valence-electron chi connectivity index (χ3n) is 2.40. The van der Waals surface area contributed by atoms with E-state index in [0.717, 1.165) is 11.1 Å². The van der Waals surface area contributed by atoms with Crippen molar-refractivity contribution in [3.05, 3.63) is 32.9 Å². The number of alkyl halides is 1. The van der Waals surface area contributed by atoms with Crippen LogP contribution in [0.1, 0.15) is 16.7 Å². The van der Waals surface area contributed by atoms with Crippen LogP contribution >= 0.6 is 11.6 Å². The quantitative estimate of drug-likeness (QED) is 0.455. The third kappa shape index (κ3) is 2.04. The van der Waals surface area contributed by atoms with E-state index in [4.69, 9.17) is 16.3 Å². The number of aryl methyl sites for hydroxylation is 1. The summed E-state index contributed by atoms with van der Waals surface area (Å²) in [5, 5.41) is 10.9. The van der Waals surface area contributed by atoms with Gasteiger partial charge in [-0.25, -0.2) is 0 Å². The minimum absolute atomic E-state index is 0.00116. The molecule has 0 saturated heterocycles. The van der Waals surface area contributed by atoms with Gasteiger partial charge >= 0.3 is 5.69 Å². The molecule has 0 N–H and O–H groups in total. The van der Waals surface area contributed by atoms with Gasteiger partial charge < -0.3 is 4.74 Å². The maximum absolute atomic E-state index is 10.9. The standard InChI is InChI=1S/C10H12ClNO3/c1-6-4-9(15-3)10(12(13)14)7(2)8(6)5-11/h4H,5H2,1-3H3. The Labute approximate surface area is 93.0 Å². The monoisotopic (exact) mass is 229 g/mol. The zero-order valence-corrected chi connectivity index (χ0v) is 9.59. The average Bonchev–Trinajstić information content (AvgIpc) is 2.16. The SMILES string of the molecule is COc1cc(C)c(CCl)c(C)c1[N+](=O)[O-]. The first kappa shape index (κ1) is 11.8. The molecule has 82 valence electrons. The van der Waals surface area contributed by atoms with Crippen molar-refractivity contribution in [3.63, 3.8) is 0 Å². The normalized spacial score (nSPS) is 10.1. The largest absolute Gasteiger partial charge is 0.490 e. The zero-order chi connectivity index (χ0) is 11.6. The fourth-order valence-electron chi connectivity index (χ4n) is 1.56. The van der Waals surface area contributed by atoms with Crippen molar-refractivity contribution in [2.45, 2.75) is 19.7 Å². The lowest BCUT2D eigenvalue weighted by molar-refractivity contribution is -0.386. The number of hydrogen-bond donors (Lipinski definition) is 0. The number of rotatable bonds is 3. The summed E-state index contributed by atoms with van der Waals surface area (Å²) >= 11 is 5.75. The fraction of sp³-hybridized carbons (Fsp3) is 0.400. The van der Waals surface area contributed by atoms with Crippen LogP contribution in [0.4, 0.5) is 5.69 Å². The zero-order valence-electron chi connectivity index (χ0n) is 8.83. The minimum atomic E-state index is -0.441. The van der Waals surface area contributed by atoms with Gasteiger partial charge in [0.05, 0.1) is 12.0 Å². The van der Waals surface area contributed by atoms with Gasteiger partial charge in [-0.15, -0.1) is 11.6 Å². The third-order valence-corrected chi connectivity index (χ3v) is 2.67. The van der Waals surface area contributed by atoms with Crippen LogP contribution in [-0.2, 0) is 5.88 Å². The molecule has 1 aromatic carbocycles. The van der Waals surface area contributed by atoms with Gasteiger partial charge in [-0.1, -0.05) is 0 Å². The molecule has 0 unspecified atom stereocenters. The molecule has 0 bridgehead atoms. The Balaban J connectivity index is 3.53. The summed E-state index contributed by atoms with van der Waals surface area (Å²) < 4.78 is 4.98. The first-order chi connectivity index (χ1) is 7.02. The Bertz CT molecular complexity index is 404. The molecule has 0 saturated carbocycles. The van der Waals surface area contributed by atoms with Gasteiger partial charge in [0.1, 0.15) is 0 Å². The molecule has 0 radical (unpaired) electrons. The van der Waals surface area contributed by atoms with E-state index in [1.807, 2.05) is 6.92 Å². The van der Waals surface area contributed by atoms with Crippen LogP contribution in [-0.4, -0.2) is 12.0 Å². The van der Waals surface area contributed by atoms with Crippen LogP contribution in [0.25, 0.3) is 0 Å². The summed E-state index contributed by atoms with van der Waals surface area (Å²) in [5.74, 6) is 0.548. The molecular weight excluding hydrogens is 218 g/mol. The van der Waals surface area contributed by atoms with Crippen LogP contribution in [0.3, 0.4) is 0 Å². The molecule has 0 heterocycles. The van der Waals surface area contributed by atoms with Gasteiger partial charge in [-0.05, 0) is 31.0 Å². The summed E-state index contributed by atoms with van der Waals surface area (Å²) in [6.45, 7) is 3.54. The van der Waals surface area contributed by atoms with E-state index in [0.29, 0.717) is 5.56 Å². The van der Waals surface area contributed by atoms with Crippen molar-refractivity contribution < 1.29 is 9.66 Å². The molecule has 0 atom stereocenters. The predicted molar refractivity (Wildman–Crippen MR) is 58.7 cm³/mol.